The fraction of sp³-hybridized carbons (Fsp3) is 0.333. The molecule has 1 N–H and O–H groups in total. The van der Waals surface area contributed by atoms with Gasteiger partial charge in [-0.25, -0.2) is 8.42 Å². The number of amides is 1. The molecule has 1 heterocycles. The Bertz CT molecular complexity index is 1010. The van der Waals surface area contributed by atoms with Crippen molar-refractivity contribution in [2.24, 2.45) is 5.92 Å². The van der Waals surface area contributed by atoms with Crippen molar-refractivity contribution in [2.75, 3.05) is 0 Å². The quantitative estimate of drug-likeness (QED) is 0.727. The van der Waals surface area contributed by atoms with Crippen LogP contribution in [0.3, 0.4) is 0 Å². The average molecular weight is 385 g/mol. The fourth-order valence-electron chi connectivity index (χ4n) is 3.19. The Morgan fingerprint density at radius 3 is 2.33 bits per heavy atom. The first kappa shape index (κ1) is 19.3. The van der Waals surface area contributed by atoms with Gasteiger partial charge >= 0.3 is 0 Å². The van der Waals surface area contributed by atoms with Gasteiger partial charge < -0.3 is 5.32 Å². The van der Waals surface area contributed by atoms with Crippen molar-refractivity contribution in [3.8, 4) is 0 Å². The Hall–Kier alpha value is -2.47. The van der Waals surface area contributed by atoms with E-state index in [9.17, 15) is 18.0 Å². The second kappa shape index (κ2) is 7.27. The van der Waals surface area contributed by atoms with Crippen molar-refractivity contribution in [3.05, 3.63) is 59.2 Å². The molecule has 0 radical (unpaired) electrons. The average Bonchev–Trinajstić information content (AvgIpc) is 2.64. The number of sulfone groups is 1. The lowest BCUT2D eigenvalue weighted by Gasteiger charge is -2.20. The van der Waals surface area contributed by atoms with Crippen LogP contribution in [0, 0.1) is 5.92 Å². The zero-order valence-electron chi connectivity index (χ0n) is 15.7. The van der Waals surface area contributed by atoms with Crippen LogP contribution < -0.4 is 5.32 Å². The summed E-state index contributed by atoms with van der Waals surface area (Å²) >= 11 is 0. The molecule has 0 saturated carbocycles. The smallest absolute Gasteiger partial charge is 0.251 e. The van der Waals surface area contributed by atoms with Gasteiger partial charge in [0, 0.05) is 22.7 Å². The number of hydrogen-bond acceptors (Lipinski definition) is 4. The van der Waals surface area contributed by atoms with E-state index in [0.29, 0.717) is 5.92 Å². The highest BCUT2D eigenvalue weighted by Gasteiger charge is 2.35. The second-order valence-electron chi connectivity index (χ2n) is 7.39. The Morgan fingerprint density at radius 2 is 1.63 bits per heavy atom. The van der Waals surface area contributed by atoms with Crippen LogP contribution in [0.25, 0.3) is 0 Å². The summed E-state index contributed by atoms with van der Waals surface area (Å²) in [7, 11) is -3.84. The van der Waals surface area contributed by atoms with Gasteiger partial charge in [0.15, 0.2) is 5.78 Å². The maximum Gasteiger partial charge on any atom is 0.251 e. The lowest BCUT2D eigenvalue weighted by molar-refractivity contribution is 0.0935. The zero-order chi connectivity index (χ0) is 19.8. The maximum atomic E-state index is 12.9. The molecule has 1 aliphatic heterocycles. The molecular formula is C21H23NO4S. The van der Waals surface area contributed by atoms with Gasteiger partial charge in [-0.1, -0.05) is 26.0 Å². The van der Waals surface area contributed by atoms with E-state index in [0.717, 1.165) is 12.8 Å². The Kier molecular flexibility index (Phi) is 5.20. The van der Waals surface area contributed by atoms with Crippen LogP contribution in [0.2, 0.25) is 0 Å². The molecule has 0 unspecified atom stereocenters. The number of hydrogen-bond donors (Lipinski definition) is 1. The first-order valence-corrected chi connectivity index (χ1v) is 10.5. The van der Waals surface area contributed by atoms with E-state index in [1.807, 2.05) is 6.92 Å². The minimum absolute atomic E-state index is 0.00893. The molecule has 1 aliphatic rings. The van der Waals surface area contributed by atoms with E-state index in [1.54, 1.807) is 12.1 Å². The third-order valence-electron chi connectivity index (χ3n) is 4.75. The molecule has 0 fully saturated rings. The summed E-state index contributed by atoms with van der Waals surface area (Å²) in [6.45, 7) is 6.17. The molecule has 2 aromatic rings. The lowest BCUT2D eigenvalue weighted by atomic mass is 10.0. The van der Waals surface area contributed by atoms with Gasteiger partial charge in [-0.15, -0.1) is 0 Å². The molecule has 0 aromatic heterocycles. The molecule has 0 saturated heterocycles. The number of benzene rings is 2. The van der Waals surface area contributed by atoms with Crippen molar-refractivity contribution in [2.45, 2.75) is 49.4 Å². The Labute approximate surface area is 159 Å². The largest absolute Gasteiger partial charge is 0.350 e. The molecule has 27 heavy (non-hydrogen) atoms. The van der Waals surface area contributed by atoms with Crippen LogP contribution in [0.4, 0.5) is 0 Å². The van der Waals surface area contributed by atoms with E-state index in [2.05, 4.69) is 19.2 Å². The molecule has 2 aromatic carbocycles. The number of ketones is 1. The summed E-state index contributed by atoms with van der Waals surface area (Å²) in [6.07, 6.45) is 1.84. The SMILES string of the molecule is CC(C)CC[C@@H](C)NC(=O)c1ccc2c(c1)S(=O)(=O)c1ccccc1C2=O. The summed E-state index contributed by atoms with van der Waals surface area (Å²) in [5, 5.41) is 2.90. The van der Waals surface area contributed by atoms with Gasteiger partial charge in [-0.2, -0.15) is 0 Å². The van der Waals surface area contributed by atoms with Crippen molar-refractivity contribution >= 4 is 21.5 Å². The van der Waals surface area contributed by atoms with Crippen LogP contribution in [0.1, 0.15) is 59.9 Å². The minimum atomic E-state index is -3.84. The van der Waals surface area contributed by atoms with Gasteiger partial charge in [0.05, 0.1) is 9.79 Å². The summed E-state index contributed by atoms with van der Waals surface area (Å²) < 4.78 is 25.9. The normalized spacial score (nSPS) is 15.8. The lowest BCUT2D eigenvalue weighted by Crippen LogP contribution is -2.33. The topological polar surface area (TPSA) is 80.3 Å². The van der Waals surface area contributed by atoms with Crippen LogP contribution in [-0.4, -0.2) is 26.2 Å². The van der Waals surface area contributed by atoms with E-state index in [1.165, 1.54) is 30.3 Å². The predicted octanol–water partition coefficient (Wildman–Crippen LogP) is 3.62. The predicted molar refractivity (Wildman–Crippen MR) is 103 cm³/mol. The molecule has 142 valence electrons. The van der Waals surface area contributed by atoms with Crippen LogP contribution >= 0.6 is 0 Å². The Balaban J connectivity index is 1.92. The number of carbonyl (C=O) groups excluding carboxylic acids is 2. The first-order chi connectivity index (χ1) is 12.7. The van der Waals surface area contributed by atoms with Crippen molar-refractivity contribution < 1.29 is 18.0 Å². The summed E-state index contributed by atoms with van der Waals surface area (Å²) in [4.78, 5) is 25.1. The third kappa shape index (κ3) is 3.67. The standard InChI is InChI=1S/C21H23NO4S/c1-13(2)8-9-14(3)22-21(24)15-10-11-17-19(12-15)27(25,26)18-7-5-4-6-16(18)20(17)23/h4-7,10-14H,8-9H2,1-3H3,(H,22,24)/t14-/m1/s1. The van der Waals surface area contributed by atoms with Gasteiger partial charge in [-0.3, -0.25) is 9.59 Å². The van der Waals surface area contributed by atoms with Crippen LogP contribution in [0.5, 0.6) is 0 Å². The number of fused-ring (bicyclic) bond motifs is 2. The fourth-order valence-corrected chi connectivity index (χ4v) is 4.87. The summed E-state index contributed by atoms with van der Waals surface area (Å²) in [5.74, 6) is -0.132. The highest BCUT2D eigenvalue weighted by molar-refractivity contribution is 7.91. The van der Waals surface area contributed by atoms with Crippen molar-refractivity contribution in [1.29, 1.82) is 0 Å². The highest BCUT2D eigenvalue weighted by atomic mass is 32.2. The van der Waals surface area contributed by atoms with Gasteiger partial charge in [0.25, 0.3) is 5.91 Å². The molecule has 0 bridgehead atoms. The minimum Gasteiger partial charge on any atom is -0.350 e. The number of rotatable bonds is 5. The maximum absolute atomic E-state index is 12.9. The zero-order valence-corrected chi connectivity index (χ0v) is 16.5. The van der Waals surface area contributed by atoms with Gasteiger partial charge in [-0.05, 0) is 56.0 Å². The molecule has 6 heteroatoms. The molecule has 0 spiro atoms. The third-order valence-corrected chi connectivity index (χ3v) is 6.61. The van der Waals surface area contributed by atoms with Gasteiger partial charge in [0.1, 0.15) is 0 Å². The Morgan fingerprint density at radius 1 is 0.963 bits per heavy atom. The van der Waals surface area contributed by atoms with E-state index < -0.39 is 9.84 Å². The molecule has 1 atom stereocenters. The summed E-state index contributed by atoms with van der Waals surface area (Å²) in [6, 6.07) is 10.4. The van der Waals surface area contributed by atoms with Gasteiger partial charge in [0.2, 0.25) is 9.84 Å². The molecule has 3 rings (SSSR count). The van der Waals surface area contributed by atoms with Crippen LogP contribution in [0.15, 0.2) is 52.3 Å². The molecule has 1 amide bonds. The van der Waals surface area contributed by atoms with Crippen LogP contribution in [-0.2, 0) is 9.84 Å². The van der Waals surface area contributed by atoms with Crippen molar-refractivity contribution in [3.63, 3.8) is 0 Å². The van der Waals surface area contributed by atoms with E-state index in [-0.39, 0.29) is 44.2 Å². The monoisotopic (exact) mass is 385 g/mol. The van der Waals surface area contributed by atoms with Crippen molar-refractivity contribution in [1.82, 2.24) is 5.32 Å². The molecule has 0 aliphatic carbocycles. The molecule has 5 nitrogen and oxygen atoms in total. The van der Waals surface area contributed by atoms with E-state index >= 15 is 0 Å². The summed E-state index contributed by atoms with van der Waals surface area (Å²) in [5.41, 5.74) is 0.517. The number of carbonyl (C=O) groups is 2. The highest BCUT2D eigenvalue weighted by Crippen LogP contribution is 2.34. The molecular weight excluding hydrogens is 362 g/mol. The second-order valence-corrected chi connectivity index (χ2v) is 9.27. The van der Waals surface area contributed by atoms with E-state index in [4.69, 9.17) is 0 Å². The first-order valence-electron chi connectivity index (χ1n) is 9.05. The number of nitrogens with one attached hydrogen (secondary N) is 1.